The third-order valence-corrected chi connectivity index (χ3v) is 14.4. The molecule has 0 aliphatic rings. The number of aromatic nitrogens is 15. The molecule has 3 N–H and O–H groups in total. The Balaban J connectivity index is 0.000000127. The minimum atomic E-state index is 0.360. The highest BCUT2D eigenvalue weighted by Crippen LogP contribution is 2.30. The van der Waals surface area contributed by atoms with Gasteiger partial charge in [-0.2, -0.15) is 15.6 Å². The SMILES string of the molecule is c1cc(COc2ccc(OCc3ccc4ccccc4n3)cc2)cc(-c2nn[nH]n2)c1.c1cc(COc2ccccc2OCc2ccc3ccccc3n2)cc(-c2nn[nH]n2)c1.c1ccc2nc(COc3ccc(OCc4ccc(-c5nn[nH]n5)cc4)cc3)ccc2c1. The molecule has 0 atom stereocenters. The highest BCUT2D eigenvalue weighted by molar-refractivity contribution is 5.80. The van der Waals surface area contributed by atoms with E-state index in [2.05, 4.69) is 95.0 Å². The maximum atomic E-state index is 6.04. The van der Waals surface area contributed by atoms with Gasteiger partial charge in [-0.3, -0.25) is 0 Å². The summed E-state index contributed by atoms with van der Waals surface area (Å²) in [7, 11) is 0. The highest BCUT2D eigenvalue weighted by Gasteiger charge is 2.11. The van der Waals surface area contributed by atoms with E-state index in [0.717, 1.165) is 106 Å². The average molecular weight is 1230 g/mol. The third-order valence-electron chi connectivity index (χ3n) is 14.4. The van der Waals surface area contributed by atoms with E-state index in [4.69, 9.17) is 28.4 Å². The van der Waals surface area contributed by atoms with E-state index in [1.807, 2.05) is 237 Å². The molecule has 0 amide bonds. The Labute approximate surface area is 532 Å². The van der Waals surface area contributed by atoms with Crippen molar-refractivity contribution >= 4 is 32.7 Å². The molecular formula is C72H57N15O6. The van der Waals surface area contributed by atoms with Crippen LogP contribution in [0.15, 0.2) is 255 Å². The first kappa shape index (κ1) is 59.2. The number of H-pyrrole nitrogens is 3. The first-order valence-electron chi connectivity index (χ1n) is 29.6. The quantitative estimate of drug-likeness (QED) is 0.0604. The van der Waals surface area contributed by atoms with Gasteiger partial charge in [-0.1, -0.05) is 146 Å². The van der Waals surface area contributed by atoms with Gasteiger partial charge in [-0.15, -0.1) is 30.6 Å². The average Bonchev–Trinajstić information content (AvgIpc) is 4.15. The number of ether oxygens (including phenoxy) is 6. The Kier molecular flexibility index (Phi) is 18.8. The van der Waals surface area contributed by atoms with Crippen LogP contribution < -0.4 is 28.4 Å². The van der Waals surface area contributed by atoms with Gasteiger partial charge in [0.25, 0.3) is 0 Å². The lowest BCUT2D eigenvalue weighted by Crippen LogP contribution is -2.02. The summed E-state index contributed by atoms with van der Waals surface area (Å²) in [4.78, 5) is 13.9. The van der Waals surface area contributed by atoms with E-state index >= 15 is 0 Å². The fourth-order valence-electron chi connectivity index (χ4n) is 9.68. The second-order valence-corrected chi connectivity index (χ2v) is 20.9. The van der Waals surface area contributed by atoms with Crippen molar-refractivity contribution in [1.29, 1.82) is 0 Å². The van der Waals surface area contributed by atoms with E-state index in [9.17, 15) is 0 Å². The molecule has 6 aromatic heterocycles. The van der Waals surface area contributed by atoms with Crippen LogP contribution in [0.1, 0.15) is 33.8 Å². The summed E-state index contributed by atoms with van der Waals surface area (Å²) in [6, 6.07) is 82.7. The van der Waals surface area contributed by atoms with Crippen molar-refractivity contribution in [3.05, 3.63) is 289 Å². The van der Waals surface area contributed by atoms with Crippen molar-refractivity contribution in [2.75, 3.05) is 0 Å². The number of hydrogen-bond donors (Lipinski definition) is 3. The summed E-state index contributed by atoms with van der Waals surface area (Å²) in [6.07, 6.45) is 0. The third kappa shape index (κ3) is 16.1. The largest absolute Gasteiger partial charge is 0.489 e. The van der Waals surface area contributed by atoms with Crippen LogP contribution in [0.4, 0.5) is 0 Å². The number of rotatable bonds is 21. The second kappa shape index (κ2) is 29.5. The zero-order chi connectivity index (χ0) is 62.6. The number of pyridine rings is 3. The van der Waals surface area contributed by atoms with Gasteiger partial charge in [-0.25, -0.2) is 15.0 Å². The molecule has 0 unspecified atom stereocenters. The van der Waals surface area contributed by atoms with E-state index in [-0.39, 0.29) is 0 Å². The zero-order valence-electron chi connectivity index (χ0n) is 49.8. The van der Waals surface area contributed by atoms with Crippen molar-refractivity contribution < 1.29 is 28.4 Å². The summed E-state index contributed by atoms with van der Waals surface area (Å²) in [5.74, 6) is 6.10. The van der Waals surface area contributed by atoms with Crippen LogP contribution in [0.3, 0.4) is 0 Å². The standard InChI is InChI=1S/3C24H19N5O2/c1-2-9-21-18(7-1)12-13-20(25-21)16-31-23-11-4-3-10-22(23)30-15-17-6-5-8-19(14-17)24-26-28-29-27-24;1-2-7-23-18(5-1)8-9-20(25-23)16-31-22-12-10-21(11-13-22)30-15-17-4-3-6-19(14-17)24-26-28-29-27-24;1-2-4-23-18(3-1)9-10-20(25-23)16-31-22-13-11-21(12-14-22)30-15-17-5-7-19(8-6-17)24-26-28-29-27-24/h3*1-14H,15-16H2,(H,26,27,28,29). The number of aromatic amines is 3. The fraction of sp³-hybridized carbons (Fsp3) is 0.0833. The molecule has 0 saturated heterocycles. The summed E-state index contributed by atoms with van der Waals surface area (Å²) in [6.45, 7) is 2.48. The van der Waals surface area contributed by atoms with Crippen LogP contribution in [-0.2, 0) is 39.6 Å². The van der Waals surface area contributed by atoms with E-state index < -0.39 is 0 Å². The Morgan fingerprint density at radius 2 is 0.602 bits per heavy atom. The van der Waals surface area contributed by atoms with Crippen molar-refractivity contribution in [2.24, 2.45) is 0 Å². The van der Waals surface area contributed by atoms with Crippen LogP contribution in [0.2, 0.25) is 0 Å². The monoisotopic (exact) mass is 1230 g/mol. The molecule has 0 radical (unpaired) electrons. The Bertz CT molecular complexity index is 4830. The fourth-order valence-corrected chi connectivity index (χ4v) is 9.68. The molecule has 456 valence electrons. The molecule has 15 aromatic rings. The van der Waals surface area contributed by atoms with Crippen molar-refractivity contribution in [3.8, 4) is 68.7 Å². The maximum absolute atomic E-state index is 6.04. The number of nitrogens with zero attached hydrogens (tertiary/aromatic N) is 12. The summed E-state index contributed by atoms with van der Waals surface area (Å²) < 4.78 is 35.6. The zero-order valence-corrected chi connectivity index (χ0v) is 49.8. The predicted octanol–water partition coefficient (Wildman–Crippen LogP) is 13.7. The Morgan fingerprint density at radius 3 is 1.01 bits per heavy atom. The van der Waals surface area contributed by atoms with Gasteiger partial charge in [0.2, 0.25) is 17.5 Å². The van der Waals surface area contributed by atoms with E-state index in [1.54, 1.807) is 0 Å². The molecule has 0 fully saturated rings. The van der Waals surface area contributed by atoms with Gasteiger partial charge >= 0.3 is 0 Å². The number of tetrazole rings is 3. The van der Waals surface area contributed by atoms with Crippen LogP contribution in [0.5, 0.6) is 34.5 Å². The Hall–Kier alpha value is -12.8. The summed E-state index contributed by atoms with van der Waals surface area (Å²) >= 11 is 0. The minimum Gasteiger partial charge on any atom is -0.489 e. The van der Waals surface area contributed by atoms with Gasteiger partial charge in [-0.05, 0) is 142 Å². The molecular weight excluding hydrogens is 1170 g/mol. The lowest BCUT2D eigenvalue weighted by Gasteiger charge is -2.13. The number of benzene rings is 9. The van der Waals surface area contributed by atoms with Crippen LogP contribution in [0.25, 0.3) is 66.9 Å². The Morgan fingerprint density at radius 1 is 0.258 bits per heavy atom. The molecule has 21 nitrogen and oxygen atoms in total. The molecule has 0 aliphatic heterocycles. The molecule has 6 heterocycles. The van der Waals surface area contributed by atoms with E-state index in [1.165, 1.54) is 0 Å². The van der Waals surface area contributed by atoms with Gasteiger partial charge in [0, 0.05) is 32.8 Å². The topological polar surface area (TPSA) is 257 Å². The van der Waals surface area contributed by atoms with Crippen LogP contribution in [-0.4, -0.2) is 76.8 Å². The number of fused-ring (bicyclic) bond motifs is 3. The molecule has 0 spiro atoms. The second-order valence-electron chi connectivity index (χ2n) is 20.9. The minimum absolute atomic E-state index is 0.360. The molecule has 9 aromatic carbocycles. The van der Waals surface area contributed by atoms with Gasteiger partial charge in [0.15, 0.2) is 11.5 Å². The van der Waals surface area contributed by atoms with Gasteiger partial charge in [0.1, 0.15) is 62.6 Å². The predicted molar refractivity (Wildman–Crippen MR) is 349 cm³/mol. The van der Waals surface area contributed by atoms with Gasteiger partial charge < -0.3 is 28.4 Å². The first-order chi connectivity index (χ1) is 46.0. The summed E-state index contributed by atoms with van der Waals surface area (Å²) in [5, 5.41) is 45.5. The first-order valence-corrected chi connectivity index (χ1v) is 29.6. The number of hydrogen-bond acceptors (Lipinski definition) is 18. The molecule has 0 bridgehead atoms. The van der Waals surface area contributed by atoms with Crippen molar-refractivity contribution in [2.45, 2.75) is 39.6 Å². The normalized spacial score (nSPS) is 10.8. The molecule has 93 heavy (non-hydrogen) atoms. The molecule has 0 aliphatic carbocycles. The van der Waals surface area contributed by atoms with Gasteiger partial charge in [0.05, 0.1) is 33.6 Å². The summed E-state index contributed by atoms with van der Waals surface area (Å²) in [5.41, 5.74) is 11.3. The lowest BCUT2D eigenvalue weighted by molar-refractivity contribution is 0.254. The van der Waals surface area contributed by atoms with Crippen molar-refractivity contribution in [3.63, 3.8) is 0 Å². The van der Waals surface area contributed by atoms with E-state index in [0.29, 0.717) is 68.6 Å². The number of para-hydroxylation sites is 5. The highest BCUT2D eigenvalue weighted by atomic mass is 16.5. The van der Waals surface area contributed by atoms with Crippen LogP contribution in [0, 0.1) is 0 Å². The van der Waals surface area contributed by atoms with Crippen molar-refractivity contribution in [1.82, 2.24) is 76.8 Å². The smallest absolute Gasteiger partial charge is 0.204 e. The molecule has 15 rings (SSSR count). The molecule has 0 saturated carbocycles. The van der Waals surface area contributed by atoms with Crippen LogP contribution >= 0.6 is 0 Å². The molecule has 21 heteroatoms. The lowest BCUT2D eigenvalue weighted by atomic mass is 10.1. The maximum Gasteiger partial charge on any atom is 0.204 e. The number of nitrogens with one attached hydrogen (secondary N) is 3.